The number of aliphatic hydroxyl groups is 1. The SMILES string of the molecule is OCC1(CCOc2ccccc2)CCCN(c2ncnc3[nH]ccc23)C1. The van der Waals surface area contributed by atoms with Crippen LogP contribution in [0.15, 0.2) is 48.9 Å². The Bertz CT molecular complexity index is 851. The second-order valence-corrected chi connectivity index (χ2v) is 7.03. The van der Waals surface area contributed by atoms with Crippen LogP contribution in [0.2, 0.25) is 0 Å². The lowest BCUT2D eigenvalue weighted by Gasteiger charge is -2.42. The summed E-state index contributed by atoms with van der Waals surface area (Å²) in [5, 5.41) is 11.2. The number of nitrogens with zero attached hydrogens (tertiary/aromatic N) is 3. The number of hydrogen-bond acceptors (Lipinski definition) is 5. The lowest BCUT2D eigenvalue weighted by molar-refractivity contribution is 0.0793. The Morgan fingerprint density at radius 1 is 1.19 bits per heavy atom. The number of anilines is 1. The molecule has 2 N–H and O–H groups in total. The van der Waals surface area contributed by atoms with Crippen LogP contribution in [-0.4, -0.2) is 46.4 Å². The summed E-state index contributed by atoms with van der Waals surface area (Å²) < 4.78 is 5.87. The first kappa shape index (κ1) is 16.8. The Labute approximate surface area is 152 Å². The molecular formula is C20H24N4O2. The van der Waals surface area contributed by atoms with E-state index in [0.717, 1.165) is 55.0 Å². The van der Waals surface area contributed by atoms with Gasteiger partial charge in [-0.05, 0) is 37.5 Å². The number of fused-ring (bicyclic) bond motifs is 1. The molecule has 0 spiro atoms. The molecular weight excluding hydrogens is 328 g/mol. The minimum absolute atomic E-state index is 0.156. The number of aromatic nitrogens is 3. The molecule has 1 aliphatic heterocycles. The predicted octanol–water partition coefficient (Wildman–Crippen LogP) is 3.01. The van der Waals surface area contributed by atoms with Crippen molar-refractivity contribution in [3.05, 3.63) is 48.9 Å². The molecule has 3 heterocycles. The standard InChI is InChI=1S/C20H24N4O2/c25-14-20(9-12-26-16-5-2-1-3-6-16)8-4-11-24(13-20)19-17-7-10-21-18(17)22-15-23-19/h1-3,5-7,10,15,25H,4,8-9,11-14H2,(H,21,22,23). The lowest BCUT2D eigenvalue weighted by Crippen LogP contribution is -2.46. The van der Waals surface area contributed by atoms with E-state index in [4.69, 9.17) is 4.74 Å². The molecule has 0 amide bonds. The van der Waals surface area contributed by atoms with Gasteiger partial charge in [-0.15, -0.1) is 0 Å². The van der Waals surface area contributed by atoms with Crippen LogP contribution in [0.5, 0.6) is 5.75 Å². The van der Waals surface area contributed by atoms with Crippen molar-refractivity contribution < 1.29 is 9.84 Å². The van der Waals surface area contributed by atoms with Crippen molar-refractivity contribution in [3.63, 3.8) is 0 Å². The van der Waals surface area contributed by atoms with Gasteiger partial charge in [0.2, 0.25) is 0 Å². The maximum absolute atomic E-state index is 10.2. The number of aliphatic hydroxyl groups excluding tert-OH is 1. The molecule has 6 heteroatoms. The van der Waals surface area contributed by atoms with Gasteiger partial charge in [0.15, 0.2) is 0 Å². The van der Waals surface area contributed by atoms with E-state index in [1.54, 1.807) is 6.33 Å². The summed E-state index contributed by atoms with van der Waals surface area (Å²) in [7, 11) is 0. The van der Waals surface area contributed by atoms with Gasteiger partial charge in [0.25, 0.3) is 0 Å². The van der Waals surface area contributed by atoms with Crippen LogP contribution < -0.4 is 9.64 Å². The molecule has 1 atom stereocenters. The van der Waals surface area contributed by atoms with E-state index in [9.17, 15) is 5.11 Å². The first-order valence-corrected chi connectivity index (χ1v) is 9.11. The zero-order valence-electron chi connectivity index (χ0n) is 14.8. The molecule has 1 aliphatic rings. The Morgan fingerprint density at radius 3 is 2.92 bits per heavy atom. The quantitative estimate of drug-likeness (QED) is 0.713. The van der Waals surface area contributed by atoms with Gasteiger partial charge >= 0.3 is 0 Å². The van der Waals surface area contributed by atoms with E-state index in [-0.39, 0.29) is 12.0 Å². The number of para-hydroxylation sites is 1. The summed E-state index contributed by atoms with van der Waals surface area (Å²) in [6, 6.07) is 11.8. The second kappa shape index (κ2) is 7.33. The highest BCUT2D eigenvalue weighted by Gasteiger charge is 2.36. The molecule has 3 aromatic rings. The van der Waals surface area contributed by atoms with Crippen molar-refractivity contribution in [3.8, 4) is 5.75 Å². The number of piperidine rings is 1. The second-order valence-electron chi connectivity index (χ2n) is 7.03. The molecule has 136 valence electrons. The van der Waals surface area contributed by atoms with Crippen molar-refractivity contribution >= 4 is 16.9 Å². The largest absolute Gasteiger partial charge is 0.494 e. The average molecular weight is 352 g/mol. The van der Waals surface area contributed by atoms with E-state index in [1.807, 2.05) is 42.6 Å². The highest BCUT2D eigenvalue weighted by Crippen LogP contribution is 2.36. The first-order valence-electron chi connectivity index (χ1n) is 9.11. The fraction of sp³-hybridized carbons (Fsp3) is 0.400. The zero-order valence-corrected chi connectivity index (χ0v) is 14.8. The van der Waals surface area contributed by atoms with E-state index in [0.29, 0.717) is 6.61 Å². The lowest BCUT2D eigenvalue weighted by atomic mass is 9.78. The van der Waals surface area contributed by atoms with Crippen molar-refractivity contribution in [2.45, 2.75) is 19.3 Å². The van der Waals surface area contributed by atoms with E-state index >= 15 is 0 Å². The average Bonchev–Trinajstić information content (AvgIpc) is 3.18. The van der Waals surface area contributed by atoms with E-state index < -0.39 is 0 Å². The topological polar surface area (TPSA) is 74.3 Å². The molecule has 1 saturated heterocycles. The van der Waals surface area contributed by atoms with Gasteiger partial charge in [-0.1, -0.05) is 18.2 Å². The molecule has 2 aromatic heterocycles. The Morgan fingerprint density at radius 2 is 2.08 bits per heavy atom. The first-order chi connectivity index (χ1) is 12.8. The van der Waals surface area contributed by atoms with Crippen LogP contribution in [0.4, 0.5) is 5.82 Å². The van der Waals surface area contributed by atoms with Crippen LogP contribution in [0, 0.1) is 5.41 Å². The molecule has 1 aromatic carbocycles. The van der Waals surface area contributed by atoms with Crippen molar-refractivity contribution in [1.82, 2.24) is 15.0 Å². The number of hydrogen-bond donors (Lipinski definition) is 2. The summed E-state index contributed by atoms with van der Waals surface area (Å²) in [4.78, 5) is 14.2. The summed E-state index contributed by atoms with van der Waals surface area (Å²) in [5.74, 6) is 1.82. The number of H-pyrrole nitrogens is 1. The third-order valence-electron chi connectivity index (χ3n) is 5.27. The van der Waals surface area contributed by atoms with Gasteiger partial charge < -0.3 is 19.7 Å². The van der Waals surface area contributed by atoms with E-state index in [1.165, 1.54) is 0 Å². The van der Waals surface area contributed by atoms with Crippen LogP contribution >= 0.6 is 0 Å². The van der Waals surface area contributed by atoms with Crippen LogP contribution in [0.1, 0.15) is 19.3 Å². The number of ether oxygens (including phenoxy) is 1. The number of aromatic amines is 1. The zero-order chi connectivity index (χ0) is 17.8. The Kier molecular flexibility index (Phi) is 4.75. The fourth-order valence-corrected chi connectivity index (χ4v) is 3.81. The monoisotopic (exact) mass is 352 g/mol. The molecule has 0 aliphatic carbocycles. The minimum atomic E-state index is -0.166. The summed E-state index contributed by atoms with van der Waals surface area (Å²) in [6.45, 7) is 2.47. The Hall–Kier alpha value is -2.60. The van der Waals surface area contributed by atoms with Crippen LogP contribution in [-0.2, 0) is 0 Å². The van der Waals surface area contributed by atoms with Crippen LogP contribution in [0.3, 0.4) is 0 Å². The molecule has 0 saturated carbocycles. The number of nitrogens with one attached hydrogen (secondary N) is 1. The van der Waals surface area contributed by atoms with Crippen molar-refractivity contribution in [1.29, 1.82) is 0 Å². The summed E-state index contributed by atoms with van der Waals surface area (Å²) in [5.41, 5.74) is 0.684. The van der Waals surface area contributed by atoms with Gasteiger partial charge in [0, 0.05) is 24.7 Å². The molecule has 26 heavy (non-hydrogen) atoms. The van der Waals surface area contributed by atoms with Gasteiger partial charge in [-0.25, -0.2) is 9.97 Å². The molecule has 6 nitrogen and oxygen atoms in total. The highest BCUT2D eigenvalue weighted by atomic mass is 16.5. The van der Waals surface area contributed by atoms with Crippen molar-refractivity contribution in [2.24, 2.45) is 5.41 Å². The third kappa shape index (κ3) is 3.37. The van der Waals surface area contributed by atoms with Gasteiger partial charge in [0.1, 0.15) is 23.5 Å². The maximum atomic E-state index is 10.2. The molecule has 4 rings (SSSR count). The highest BCUT2D eigenvalue weighted by molar-refractivity contribution is 5.87. The van der Waals surface area contributed by atoms with Crippen LogP contribution in [0.25, 0.3) is 11.0 Å². The molecule has 0 bridgehead atoms. The van der Waals surface area contributed by atoms with Gasteiger partial charge in [-0.2, -0.15) is 0 Å². The van der Waals surface area contributed by atoms with Crippen molar-refractivity contribution in [2.75, 3.05) is 31.2 Å². The minimum Gasteiger partial charge on any atom is -0.494 e. The molecule has 1 unspecified atom stereocenters. The molecule has 1 fully saturated rings. The number of benzene rings is 1. The Balaban J connectivity index is 1.47. The summed E-state index contributed by atoms with van der Waals surface area (Å²) in [6.07, 6.45) is 6.33. The van der Waals surface area contributed by atoms with Gasteiger partial charge in [-0.3, -0.25) is 0 Å². The smallest absolute Gasteiger partial charge is 0.142 e. The van der Waals surface area contributed by atoms with Gasteiger partial charge in [0.05, 0.1) is 18.6 Å². The normalized spacial score (nSPS) is 20.4. The maximum Gasteiger partial charge on any atom is 0.142 e. The number of rotatable bonds is 6. The summed E-state index contributed by atoms with van der Waals surface area (Å²) >= 11 is 0. The van der Waals surface area contributed by atoms with E-state index in [2.05, 4.69) is 19.9 Å². The third-order valence-corrected chi connectivity index (χ3v) is 5.27. The fourth-order valence-electron chi connectivity index (χ4n) is 3.81. The molecule has 0 radical (unpaired) electrons. The predicted molar refractivity (Wildman–Crippen MR) is 101 cm³/mol.